The van der Waals surface area contributed by atoms with E-state index in [-0.39, 0.29) is 0 Å². The molecule has 1 saturated heterocycles. The van der Waals surface area contributed by atoms with Gasteiger partial charge < -0.3 is 15.5 Å². The second-order valence-electron chi connectivity index (χ2n) is 7.31. The van der Waals surface area contributed by atoms with Gasteiger partial charge in [-0.3, -0.25) is 0 Å². The molecule has 3 N–H and O–H groups in total. The molecule has 4 rings (SSSR count). The van der Waals surface area contributed by atoms with Crippen molar-refractivity contribution in [3.05, 3.63) is 82.4 Å². The number of carboxylic acid groups (broad SMARTS) is 2. The van der Waals surface area contributed by atoms with E-state index in [9.17, 15) is 9.59 Å². The van der Waals surface area contributed by atoms with Gasteiger partial charge in [0.15, 0.2) is 0 Å². The Kier molecular flexibility index (Phi) is 7.07. The van der Waals surface area contributed by atoms with Crippen LogP contribution in [0.2, 0.25) is 5.02 Å². The van der Waals surface area contributed by atoms with E-state index in [1.54, 1.807) is 0 Å². The van der Waals surface area contributed by atoms with Crippen LogP contribution in [0.1, 0.15) is 41.4 Å². The Balaban J connectivity index is 0.000000258. The Morgan fingerprint density at radius 2 is 1.52 bits per heavy atom. The molecular weight excluding hydrogens is 390 g/mol. The monoisotopic (exact) mass is 413 g/mol. The van der Waals surface area contributed by atoms with Crippen LogP contribution in [-0.2, 0) is 9.59 Å². The van der Waals surface area contributed by atoms with Crippen molar-refractivity contribution in [3.8, 4) is 0 Å². The predicted octanol–water partition coefficient (Wildman–Crippen LogP) is 4.28. The van der Waals surface area contributed by atoms with Crippen LogP contribution >= 0.6 is 11.6 Å². The smallest absolute Gasteiger partial charge is 0.328 e. The first kappa shape index (κ1) is 21.1. The first-order chi connectivity index (χ1) is 14.0. The zero-order valence-electron chi connectivity index (χ0n) is 15.9. The lowest BCUT2D eigenvalue weighted by atomic mass is 9.66. The number of rotatable bonds is 3. The van der Waals surface area contributed by atoms with Crippen molar-refractivity contribution in [2.75, 3.05) is 13.1 Å². The van der Waals surface area contributed by atoms with E-state index in [1.807, 2.05) is 12.1 Å². The van der Waals surface area contributed by atoms with Crippen LogP contribution in [0.4, 0.5) is 0 Å². The number of hydrogen-bond donors (Lipinski definition) is 3. The molecule has 3 atom stereocenters. The number of carboxylic acids is 2. The second kappa shape index (κ2) is 9.72. The van der Waals surface area contributed by atoms with E-state index in [0.29, 0.717) is 24.0 Å². The highest BCUT2D eigenvalue weighted by molar-refractivity contribution is 6.31. The minimum atomic E-state index is -1.26. The van der Waals surface area contributed by atoms with E-state index in [2.05, 4.69) is 41.7 Å². The van der Waals surface area contributed by atoms with Crippen molar-refractivity contribution >= 4 is 23.5 Å². The summed E-state index contributed by atoms with van der Waals surface area (Å²) in [5.74, 6) is -0.606. The van der Waals surface area contributed by atoms with Gasteiger partial charge in [-0.2, -0.15) is 0 Å². The summed E-state index contributed by atoms with van der Waals surface area (Å²) >= 11 is 6.49. The fraction of sp³-hybridized carbons (Fsp3) is 0.304. The molecule has 1 aliphatic carbocycles. The molecule has 0 spiro atoms. The highest BCUT2D eigenvalue weighted by Crippen LogP contribution is 2.48. The van der Waals surface area contributed by atoms with Crippen molar-refractivity contribution in [1.29, 1.82) is 0 Å². The summed E-state index contributed by atoms with van der Waals surface area (Å²) in [5.41, 5.74) is 4.31. The predicted molar refractivity (Wildman–Crippen MR) is 112 cm³/mol. The first-order valence-electron chi connectivity index (χ1n) is 9.65. The lowest BCUT2D eigenvalue weighted by Gasteiger charge is -2.41. The van der Waals surface area contributed by atoms with Crippen LogP contribution in [0.5, 0.6) is 0 Å². The number of piperidine rings is 1. The number of aliphatic carboxylic acids is 2. The topological polar surface area (TPSA) is 86.6 Å². The highest BCUT2D eigenvalue weighted by Gasteiger charge is 2.37. The Bertz CT molecular complexity index is 895. The van der Waals surface area contributed by atoms with Gasteiger partial charge in [-0.05, 0) is 54.0 Å². The van der Waals surface area contributed by atoms with Crippen LogP contribution in [0.15, 0.2) is 60.7 Å². The third kappa shape index (κ3) is 5.25. The molecule has 2 aromatic rings. The Hall–Kier alpha value is -2.63. The number of benzene rings is 2. The van der Waals surface area contributed by atoms with Gasteiger partial charge in [0.2, 0.25) is 0 Å². The summed E-state index contributed by atoms with van der Waals surface area (Å²) in [6.45, 7) is 2.27. The molecule has 3 unspecified atom stereocenters. The lowest BCUT2D eigenvalue weighted by molar-refractivity contribution is -0.134. The summed E-state index contributed by atoms with van der Waals surface area (Å²) < 4.78 is 0. The first-order valence-corrected chi connectivity index (χ1v) is 10.0. The van der Waals surface area contributed by atoms with E-state index in [0.717, 1.165) is 24.0 Å². The minimum Gasteiger partial charge on any atom is -0.478 e. The van der Waals surface area contributed by atoms with Crippen LogP contribution in [0.3, 0.4) is 0 Å². The summed E-state index contributed by atoms with van der Waals surface area (Å²) in [5, 5.41) is 20.1. The summed E-state index contributed by atoms with van der Waals surface area (Å²) in [4.78, 5) is 19.1. The Morgan fingerprint density at radius 1 is 0.931 bits per heavy atom. The minimum absolute atomic E-state index is 0.453. The van der Waals surface area contributed by atoms with Crippen LogP contribution < -0.4 is 5.32 Å². The fourth-order valence-corrected chi connectivity index (χ4v) is 4.62. The van der Waals surface area contributed by atoms with E-state index >= 15 is 0 Å². The molecule has 2 aromatic carbocycles. The average Bonchev–Trinajstić information content (AvgIpc) is 2.73. The van der Waals surface area contributed by atoms with Gasteiger partial charge >= 0.3 is 11.9 Å². The zero-order valence-corrected chi connectivity index (χ0v) is 16.7. The molecule has 1 aliphatic heterocycles. The van der Waals surface area contributed by atoms with Crippen molar-refractivity contribution in [3.63, 3.8) is 0 Å². The van der Waals surface area contributed by atoms with Crippen molar-refractivity contribution in [2.45, 2.75) is 24.7 Å². The Morgan fingerprint density at radius 3 is 2.14 bits per heavy atom. The van der Waals surface area contributed by atoms with Crippen molar-refractivity contribution < 1.29 is 19.8 Å². The molecule has 0 bridgehead atoms. The molecular formula is C23H24ClNO4. The molecule has 6 heteroatoms. The molecule has 2 aliphatic rings. The maximum absolute atomic E-state index is 9.55. The number of hydrogen-bond acceptors (Lipinski definition) is 3. The van der Waals surface area contributed by atoms with E-state index in [4.69, 9.17) is 21.8 Å². The van der Waals surface area contributed by atoms with Crippen LogP contribution in [0, 0.1) is 5.92 Å². The van der Waals surface area contributed by atoms with Crippen molar-refractivity contribution in [1.82, 2.24) is 5.32 Å². The molecule has 0 aromatic heterocycles. The third-order valence-electron chi connectivity index (χ3n) is 5.58. The van der Waals surface area contributed by atoms with Crippen molar-refractivity contribution in [2.24, 2.45) is 5.92 Å². The van der Waals surface area contributed by atoms with Gasteiger partial charge in [0, 0.05) is 29.6 Å². The maximum atomic E-state index is 9.55. The Labute approximate surface area is 175 Å². The summed E-state index contributed by atoms with van der Waals surface area (Å²) in [6.07, 6.45) is 3.62. The van der Waals surface area contributed by atoms with Gasteiger partial charge in [0.05, 0.1) is 0 Å². The standard InChI is InChI=1S/C19H20ClN.C4H4O4/c20-19-8-4-3-7-16(19)17-11-13-9-10-21-12-18(13)15-6-2-1-5-14(15)17;5-3(6)1-2-4(7)8/h1-8,13,17-18,21H,9-12H2;1-2H,(H,5,6)(H,7,8)/b;2-1-. The molecule has 0 radical (unpaired) electrons. The maximum Gasteiger partial charge on any atom is 0.328 e. The molecule has 29 heavy (non-hydrogen) atoms. The van der Waals surface area contributed by atoms with Gasteiger partial charge in [0.25, 0.3) is 0 Å². The molecule has 1 heterocycles. The van der Waals surface area contributed by atoms with Gasteiger partial charge in [0.1, 0.15) is 0 Å². The SMILES string of the molecule is Clc1ccccc1C1CC2CCNCC2c2ccccc21.O=C(O)/C=C\C(=O)O. The molecule has 0 amide bonds. The molecule has 0 saturated carbocycles. The van der Waals surface area contributed by atoms with E-state index < -0.39 is 11.9 Å². The van der Waals surface area contributed by atoms with Crippen LogP contribution in [-0.4, -0.2) is 35.2 Å². The molecule has 1 fully saturated rings. The lowest BCUT2D eigenvalue weighted by Crippen LogP contribution is -2.38. The third-order valence-corrected chi connectivity index (χ3v) is 5.93. The fourth-order valence-electron chi connectivity index (χ4n) is 4.35. The van der Waals surface area contributed by atoms with Gasteiger partial charge in [-0.1, -0.05) is 54.1 Å². The largest absolute Gasteiger partial charge is 0.478 e. The van der Waals surface area contributed by atoms with E-state index in [1.165, 1.54) is 29.5 Å². The van der Waals surface area contributed by atoms with Crippen LogP contribution in [0.25, 0.3) is 0 Å². The summed E-state index contributed by atoms with van der Waals surface area (Å²) in [6, 6.07) is 17.3. The number of fused-ring (bicyclic) bond motifs is 3. The number of nitrogens with one attached hydrogen (secondary N) is 1. The summed E-state index contributed by atoms with van der Waals surface area (Å²) in [7, 11) is 0. The molecule has 152 valence electrons. The second-order valence-corrected chi connectivity index (χ2v) is 7.72. The number of halogens is 1. The zero-order chi connectivity index (χ0) is 20.8. The number of carbonyl (C=O) groups is 2. The quantitative estimate of drug-likeness (QED) is 0.654. The normalized spacial score (nSPS) is 22.7. The van der Waals surface area contributed by atoms with Gasteiger partial charge in [-0.25, -0.2) is 9.59 Å². The highest BCUT2D eigenvalue weighted by atomic mass is 35.5. The molecule has 5 nitrogen and oxygen atoms in total. The van der Waals surface area contributed by atoms with Gasteiger partial charge in [-0.15, -0.1) is 0 Å². The average molecular weight is 414 g/mol.